The molecular weight excluding hydrogens is 250 g/mol. The summed E-state index contributed by atoms with van der Waals surface area (Å²) < 4.78 is 0. The van der Waals surface area contributed by atoms with E-state index in [1.807, 2.05) is 0 Å². The molecule has 12 heavy (non-hydrogen) atoms. The number of hydrogen-bond donors (Lipinski definition) is 0. The van der Waals surface area contributed by atoms with E-state index in [4.69, 9.17) is 0 Å². The molecule has 0 aromatic carbocycles. The van der Waals surface area contributed by atoms with Crippen molar-refractivity contribution in [1.82, 2.24) is 0 Å². The van der Waals surface area contributed by atoms with Crippen molar-refractivity contribution in [3.63, 3.8) is 0 Å². The van der Waals surface area contributed by atoms with Crippen LogP contribution in [0.1, 0.15) is 26.7 Å². The second kappa shape index (κ2) is 12.1. The molecule has 4 heteroatoms. The maximum Gasteiger partial charge on any atom is 4.00 e. The van der Waals surface area contributed by atoms with Crippen LogP contribution in [0.3, 0.4) is 0 Å². The van der Waals surface area contributed by atoms with Crippen molar-refractivity contribution < 1.29 is 58.9 Å². The molecule has 0 heterocycles. The minimum absolute atomic E-state index is 0. The first kappa shape index (κ1) is 23.1. The van der Waals surface area contributed by atoms with Crippen molar-refractivity contribution in [2.45, 2.75) is 26.7 Å². The van der Waals surface area contributed by atoms with Gasteiger partial charge in [-0.15, -0.1) is 6.42 Å². The molecule has 1 aliphatic rings. The van der Waals surface area contributed by atoms with Crippen LogP contribution in [-0.2, 0) is 21.7 Å². The Morgan fingerprint density at radius 3 is 2.00 bits per heavy atom. The monoisotopic (exact) mass is 260 g/mol. The first-order valence-electron chi connectivity index (χ1n) is 3.10. The van der Waals surface area contributed by atoms with E-state index >= 15 is 0 Å². The van der Waals surface area contributed by atoms with E-state index in [-0.39, 0.29) is 58.9 Å². The Kier molecular flexibility index (Phi) is 23.3. The molecule has 0 bridgehead atoms. The molecule has 0 N–H and O–H groups in total. The zero-order chi connectivity index (χ0) is 5.98. The Balaban J connectivity index is -0.0000000800. The van der Waals surface area contributed by atoms with E-state index in [9.17, 15) is 0 Å². The minimum atomic E-state index is 0. The Morgan fingerprint density at radius 1 is 1.33 bits per heavy atom. The molecule has 0 unspecified atom stereocenters. The molecule has 1 aliphatic carbocycles. The predicted molar refractivity (Wildman–Crippen MR) is 35.4 cm³/mol. The smallest absolute Gasteiger partial charge is 1.00 e. The summed E-state index contributed by atoms with van der Waals surface area (Å²) in [5, 5.41) is 0. The minimum Gasteiger partial charge on any atom is -1.00 e. The fourth-order valence-electron chi connectivity index (χ4n) is 0.880. The van der Waals surface area contributed by atoms with Gasteiger partial charge in [0.05, 0.1) is 0 Å². The number of hydrogen-bond acceptors (Lipinski definition) is 0. The maximum atomic E-state index is 3.28. The maximum absolute atomic E-state index is 3.28. The van der Waals surface area contributed by atoms with Gasteiger partial charge in [0.2, 0.25) is 0 Å². The van der Waals surface area contributed by atoms with Crippen LogP contribution in [0.15, 0.2) is 17.2 Å². The van der Waals surface area contributed by atoms with Gasteiger partial charge in [-0.3, -0.25) is 6.08 Å². The van der Waals surface area contributed by atoms with E-state index < -0.39 is 0 Å². The molecule has 68 valence electrons. The third-order valence-corrected chi connectivity index (χ3v) is 1.40. The normalized spacial score (nSPS) is 12.2. The van der Waals surface area contributed by atoms with Crippen LogP contribution < -0.4 is 37.2 Å². The van der Waals surface area contributed by atoms with Crippen molar-refractivity contribution in [3.8, 4) is 0 Å². The van der Waals surface area contributed by atoms with E-state index in [1.54, 1.807) is 0 Å². The van der Waals surface area contributed by atoms with E-state index in [2.05, 4.69) is 26.0 Å². The summed E-state index contributed by atoms with van der Waals surface area (Å²) in [6.45, 7) is 4.31. The summed E-state index contributed by atoms with van der Waals surface area (Å²) in [6, 6.07) is 0. The van der Waals surface area contributed by atoms with Gasteiger partial charge in [-0.25, -0.2) is 11.6 Å². The molecule has 0 amide bonds. The molecule has 0 saturated carbocycles. The van der Waals surface area contributed by atoms with Crippen LogP contribution in [0.4, 0.5) is 0 Å². The average Bonchev–Trinajstić information content (AvgIpc) is 2.14. The van der Waals surface area contributed by atoms with E-state index in [0.717, 1.165) is 12.8 Å². The Labute approximate surface area is 108 Å². The van der Waals surface area contributed by atoms with Crippen LogP contribution in [0, 0.1) is 6.08 Å². The van der Waals surface area contributed by atoms with Gasteiger partial charge in [-0.1, -0.05) is 20.3 Å². The van der Waals surface area contributed by atoms with Crippen molar-refractivity contribution in [3.05, 3.63) is 23.3 Å². The third-order valence-electron chi connectivity index (χ3n) is 1.40. The predicted octanol–water partition coefficient (Wildman–Crippen LogP) is -6.51. The summed E-state index contributed by atoms with van der Waals surface area (Å²) in [6.07, 6.45) is 7.70. The summed E-state index contributed by atoms with van der Waals surface area (Å²) in [5.41, 5.74) is 2.82. The van der Waals surface area contributed by atoms with Crippen LogP contribution in [0.5, 0.6) is 0 Å². The number of halogens is 3. The molecule has 0 spiro atoms. The van der Waals surface area contributed by atoms with Gasteiger partial charge < -0.3 is 37.2 Å². The largest absolute Gasteiger partial charge is 4.00 e. The average molecular weight is 261 g/mol. The van der Waals surface area contributed by atoms with Crippen molar-refractivity contribution in [2.24, 2.45) is 0 Å². The SMILES string of the molecule is CCC1=[C-]CC(C)=C1.[Cl-].[Cl-].[Cl-].[Ti+4]. The molecule has 0 radical (unpaired) electrons. The summed E-state index contributed by atoms with van der Waals surface area (Å²) >= 11 is 0. The zero-order valence-electron chi connectivity index (χ0n) is 7.13. The first-order chi connectivity index (χ1) is 3.83. The molecule has 0 fully saturated rings. The first-order valence-corrected chi connectivity index (χ1v) is 3.10. The van der Waals surface area contributed by atoms with E-state index in [0.29, 0.717) is 0 Å². The van der Waals surface area contributed by atoms with Gasteiger partial charge in [0.15, 0.2) is 0 Å². The fourth-order valence-corrected chi connectivity index (χ4v) is 0.880. The molecule has 1 rings (SSSR count). The molecule has 0 aromatic heterocycles. The van der Waals surface area contributed by atoms with Crippen LogP contribution in [0.2, 0.25) is 0 Å². The van der Waals surface area contributed by atoms with Crippen molar-refractivity contribution in [2.75, 3.05) is 0 Å². The number of rotatable bonds is 1. The van der Waals surface area contributed by atoms with Gasteiger partial charge in [-0.2, -0.15) is 5.57 Å². The Morgan fingerprint density at radius 2 is 1.83 bits per heavy atom. The van der Waals surface area contributed by atoms with Crippen molar-refractivity contribution >= 4 is 0 Å². The van der Waals surface area contributed by atoms with E-state index in [1.165, 1.54) is 11.1 Å². The quantitative estimate of drug-likeness (QED) is 0.325. The van der Waals surface area contributed by atoms with Crippen LogP contribution in [0.25, 0.3) is 0 Å². The molecule has 0 saturated heterocycles. The molecule has 0 aliphatic heterocycles. The second-order valence-electron chi connectivity index (χ2n) is 2.22. The second-order valence-corrected chi connectivity index (χ2v) is 2.22. The van der Waals surface area contributed by atoms with Crippen LogP contribution >= 0.6 is 0 Å². The summed E-state index contributed by atoms with van der Waals surface area (Å²) in [4.78, 5) is 0. The topological polar surface area (TPSA) is 0 Å². The van der Waals surface area contributed by atoms with Crippen molar-refractivity contribution in [1.29, 1.82) is 0 Å². The summed E-state index contributed by atoms with van der Waals surface area (Å²) in [7, 11) is 0. The molecule has 0 atom stereocenters. The molecule has 0 aromatic rings. The van der Waals surface area contributed by atoms with Gasteiger partial charge in [0.25, 0.3) is 0 Å². The van der Waals surface area contributed by atoms with Gasteiger partial charge in [0, 0.05) is 0 Å². The zero-order valence-corrected chi connectivity index (χ0v) is 11.0. The number of allylic oxidation sites excluding steroid dienone is 4. The Bertz CT molecular complexity index is 152. The summed E-state index contributed by atoms with van der Waals surface area (Å²) in [5.74, 6) is 0. The molecular formula is C8H11Cl3Ti. The van der Waals surface area contributed by atoms with Gasteiger partial charge in [-0.05, 0) is 0 Å². The van der Waals surface area contributed by atoms with Gasteiger partial charge >= 0.3 is 21.7 Å². The standard InChI is InChI=1S/C8H11.3ClH.Ti/c1-3-8-5-4-7(2)6-8;;;;/h6H,3-4H2,1-2H3;3*1H;/q-1;;;;+4/p-3. The van der Waals surface area contributed by atoms with Crippen LogP contribution in [-0.4, -0.2) is 0 Å². The third kappa shape index (κ3) is 7.70. The van der Waals surface area contributed by atoms with Gasteiger partial charge in [0.1, 0.15) is 0 Å². The molecule has 0 nitrogen and oxygen atoms in total. The fraction of sp³-hybridized carbons (Fsp3) is 0.500. The Hall–Kier alpha value is 1.06.